The Morgan fingerprint density at radius 3 is 2.29 bits per heavy atom. The van der Waals surface area contributed by atoms with E-state index in [0.29, 0.717) is 0 Å². The molecule has 1 fully saturated rings. The normalized spacial score (nSPS) is 17.6. The molecule has 14 heavy (non-hydrogen) atoms. The fraction of sp³-hybridized carbons (Fsp3) is 0.231. The molecule has 0 bridgehead atoms. The molecule has 0 aromatic heterocycles. The van der Waals surface area contributed by atoms with E-state index in [1.54, 1.807) is 12.2 Å². The summed E-state index contributed by atoms with van der Waals surface area (Å²) >= 11 is 0. The molecule has 1 heterocycles. The van der Waals surface area contributed by atoms with Crippen LogP contribution in [-0.2, 0) is 4.74 Å². The lowest BCUT2D eigenvalue weighted by Crippen LogP contribution is -1.70. The molecule has 1 rings (SSSR count). The lowest BCUT2D eigenvalue weighted by molar-refractivity contribution is 0.440. The number of hydrogen-bond acceptors (Lipinski definition) is 1. The van der Waals surface area contributed by atoms with E-state index >= 15 is 0 Å². The van der Waals surface area contributed by atoms with Gasteiger partial charge in [-0.25, -0.2) is 0 Å². The summed E-state index contributed by atoms with van der Waals surface area (Å²) in [5.41, 5.74) is 0. The number of allylic oxidation sites excluding steroid dienone is 3. The number of rotatable bonds is 1. The third-order valence-electron chi connectivity index (χ3n) is 1.34. The highest BCUT2D eigenvalue weighted by molar-refractivity contribution is 5.39. The second kappa shape index (κ2) is 6.62. The highest BCUT2D eigenvalue weighted by Gasteiger charge is 2.17. The lowest BCUT2D eigenvalue weighted by atomic mass is 10.4. The van der Waals surface area contributed by atoms with Gasteiger partial charge in [-0.15, -0.1) is 0 Å². The van der Waals surface area contributed by atoms with Crippen LogP contribution < -0.4 is 0 Å². The Labute approximate surface area is 84.8 Å². The van der Waals surface area contributed by atoms with E-state index in [4.69, 9.17) is 4.74 Å². The van der Waals surface area contributed by atoms with Crippen LogP contribution in [0.15, 0.2) is 24.3 Å². The highest BCUT2D eigenvalue weighted by atomic mass is 16.6. The van der Waals surface area contributed by atoms with E-state index in [2.05, 4.69) is 35.5 Å². The summed E-state index contributed by atoms with van der Waals surface area (Å²) in [5.74, 6) is 16.1. The average molecular weight is 182 g/mol. The molecule has 1 aliphatic heterocycles. The van der Waals surface area contributed by atoms with E-state index in [-0.39, 0.29) is 6.10 Å². The summed E-state index contributed by atoms with van der Waals surface area (Å²) in [5, 5.41) is 0. The Morgan fingerprint density at radius 2 is 1.71 bits per heavy atom. The van der Waals surface area contributed by atoms with Gasteiger partial charge in [0.2, 0.25) is 0 Å². The van der Waals surface area contributed by atoms with Crippen LogP contribution in [0.5, 0.6) is 0 Å². The lowest BCUT2D eigenvalue weighted by Gasteiger charge is -1.67. The molecule has 0 aromatic carbocycles. The van der Waals surface area contributed by atoms with Gasteiger partial charge in [-0.2, -0.15) is 0 Å². The minimum absolute atomic E-state index is 0.284. The van der Waals surface area contributed by atoms with Gasteiger partial charge in [0.15, 0.2) is 0 Å². The molecule has 1 saturated heterocycles. The second-order valence-electron chi connectivity index (χ2n) is 2.52. The van der Waals surface area contributed by atoms with Gasteiger partial charge in [-0.1, -0.05) is 17.9 Å². The predicted octanol–water partition coefficient (Wildman–Crippen LogP) is 1.53. The molecule has 1 atom stereocenters. The largest absolute Gasteiger partial charge is 0.369 e. The number of ether oxygens (including phenoxy) is 1. The minimum Gasteiger partial charge on any atom is -0.369 e. The van der Waals surface area contributed by atoms with Crippen LogP contribution in [-0.4, -0.2) is 12.7 Å². The smallest absolute Gasteiger partial charge is 0.1000 e. The monoisotopic (exact) mass is 182 g/mol. The van der Waals surface area contributed by atoms with Crippen molar-refractivity contribution in [2.45, 2.75) is 13.0 Å². The quantitative estimate of drug-likeness (QED) is 0.442. The minimum atomic E-state index is 0.284. The Balaban J connectivity index is 2.27. The van der Waals surface area contributed by atoms with Crippen molar-refractivity contribution in [3.8, 4) is 35.5 Å². The second-order valence-corrected chi connectivity index (χ2v) is 2.52. The van der Waals surface area contributed by atoms with Crippen molar-refractivity contribution in [3.63, 3.8) is 0 Å². The van der Waals surface area contributed by atoms with Gasteiger partial charge in [-0.05, 0) is 48.8 Å². The zero-order valence-corrected chi connectivity index (χ0v) is 8.00. The van der Waals surface area contributed by atoms with Crippen molar-refractivity contribution < 1.29 is 4.74 Å². The summed E-state index contributed by atoms with van der Waals surface area (Å²) in [7, 11) is 0. The zero-order chi connectivity index (χ0) is 10.1. The summed E-state index contributed by atoms with van der Waals surface area (Å²) in [4.78, 5) is 0. The van der Waals surface area contributed by atoms with Gasteiger partial charge in [0.25, 0.3) is 0 Å². The molecular weight excluding hydrogens is 172 g/mol. The predicted molar refractivity (Wildman–Crippen MR) is 57.0 cm³/mol. The summed E-state index contributed by atoms with van der Waals surface area (Å²) in [6, 6.07) is 0. The maximum absolute atomic E-state index is 4.96. The van der Waals surface area contributed by atoms with Crippen LogP contribution in [0.3, 0.4) is 0 Å². The van der Waals surface area contributed by atoms with Crippen molar-refractivity contribution in [1.82, 2.24) is 0 Å². The van der Waals surface area contributed by atoms with E-state index in [1.165, 1.54) is 0 Å². The molecule has 1 aliphatic rings. The maximum Gasteiger partial charge on any atom is 0.1000 e. The van der Waals surface area contributed by atoms with Crippen LogP contribution >= 0.6 is 0 Å². The molecule has 1 nitrogen and oxygen atoms in total. The van der Waals surface area contributed by atoms with Crippen molar-refractivity contribution in [2.75, 3.05) is 6.61 Å². The summed E-state index contributed by atoms with van der Waals surface area (Å²) < 4.78 is 4.96. The van der Waals surface area contributed by atoms with Gasteiger partial charge in [-0.3, -0.25) is 0 Å². The first-order chi connectivity index (χ1) is 6.93. The summed E-state index contributed by atoms with van der Waals surface area (Å²) in [6.45, 7) is 2.73. The molecule has 1 unspecified atom stereocenters. The van der Waals surface area contributed by atoms with Crippen LogP contribution in [0.2, 0.25) is 0 Å². The van der Waals surface area contributed by atoms with Crippen LogP contribution in [0, 0.1) is 35.5 Å². The van der Waals surface area contributed by atoms with E-state index in [1.807, 2.05) is 19.1 Å². The molecule has 0 N–H and O–H groups in total. The Bertz CT molecular complexity index is 403. The topological polar surface area (TPSA) is 12.5 Å². The Morgan fingerprint density at radius 1 is 1.07 bits per heavy atom. The Kier molecular flexibility index (Phi) is 4.82. The maximum atomic E-state index is 4.96. The molecule has 0 aliphatic carbocycles. The van der Waals surface area contributed by atoms with Gasteiger partial charge < -0.3 is 4.74 Å². The first kappa shape index (κ1) is 10.2. The van der Waals surface area contributed by atoms with Crippen molar-refractivity contribution in [2.24, 2.45) is 0 Å². The van der Waals surface area contributed by atoms with Gasteiger partial charge in [0.1, 0.15) is 0 Å². The molecule has 1 heteroatoms. The standard InChI is InChI=1S/C13H10O/c1-2-3-4-5-6-7-8-9-10-11-13-12-14-13/h2-3,10-11,13H,12H2,1H3/b3-2+,11-10+. The third-order valence-corrected chi connectivity index (χ3v) is 1.34. The van der Waals surface area contributed by atoms with Crippen LogP contribution in [0.4, 0.5) is 0 Å². The fourth-order valence-electron chi connectivity index (χ4n) is 0.623. The number of hydrogen-bond donors (Lipinski definition) is 0. The van der Waals surface area contributed by atoms with Crippen LogP contribution in [0.1, 0.15) is 6.92 Å². The Hall–Kier alpha value is -1.88. The van der Waals surface area contributed by atoms with E-state index in [9.17, 15) is 0 Å². The first-order valence-electron chi connectivity index (χ1n) is 4.34. The molecule has 0 aromatic rings. The highest BCUT2D eigenvalue weighted by Crippen LogP contribution is 2.08. The molecular formula is C13H10O. The van der Waals surface area contributed by atoms with Crippen molar-refractivity contribution in [1.29, 1.82) is 0 Å². The van der Waals surface area contributed by atoms with Gasteiger partial charge in [0, 0.05) is 0 Å². The van der Waals surface area contributed by atoms with E-state index in [0.717, 1.165) is 6.61 Å². The molecule has 0 radical (unpaired) electrons. The molecule has 0 saturated carbocycles. The van der Waals surface area contributed by atoms with Crippen molar-refractivity contribution in [3.05, 3.63) is 24.3 Å². The van der Waals surface area contributed by atoms with Crippen LogP contribution in [0.25, 0.3) is 0 Å². The molecule has 68 valence electrons. The molecule has 0 amide bonds. The SMILES string of the molecule is C/C=C/C#CC#CC#C/C=C/C1CO1. The van der Waals surface area contributed by atoms with Gasteiger partial charge >= 0.3 is 0 Å². The van der Waals surface area contributed by atoms with E-state index < -0.39 is 0 Å². The average Bonchev–Trinajstić information content (AvgIpc) is 2.99. The third kappa shape index (κ3) is 5.73. The van der Waals surface area contributed by atoms with Crippen molar-refractivity contribution >= 4 is 0 Å². The fourth-order valence-corrected chi connectivity index (χ4v) is 0.623. The molecule has 0 spiro atoms. The first-order valence-corrected chi connectivity index (χ1v) is 4.34. The number of epoxide rings is 1. The van der Waals surface area contributed by atoms with Gasteiger partial charge in [0.05, 0.1) is 12.7 Å². The zero-order valence-electron chi connectivity index (χ0n) is 8.00. The summed E-state index contributed by atoms with van der Waals surface area (Å²) in [6.07, 6.45) is 7.56.